The van der Waals surface area contributed by atoms with Crippen molar-refractivity contribution in [3.63, 3.8) is 0 Å². The van der Waals surface area contributed by atoms with Crippen LogP contribution in [0.1, 0.15) is 39.4 Å². The molecule has 3 heteroatoms. The summed E-state index contributed by atoms with van der Waals surface area (Å²) >= 11 is 0. The van der Waals surface area contributed by atoms with Crippen molar-refractivity contribution in [2.75, 3.05) is 0 Å². The molecule has 1 unspecified atom stereocenters. The minimum Gasteiger partial charge on any atom is -0.335 e. The van der Waals surface area contributed by atoms with Crippen LogP contribution in [0.25, 0.3) is 0 Å². The summed E-state index contributed by atoms with van der Waals surface area (Å²) < 4.78 is 2.20. The van der Waals surface area contributed by atoms with Crippen molar-refractivity contribution in [3.8, 4) is 0 Å². The zero-order valence-corrected chi connectivity index (χ0v) is 9.45. The summed E-state index contributed by atoms with van der Waals surface area (Å²) in [6.07, 6.45) is 6.86. The van der Waals surface area contributed by atoms with Crippen LogP contribution in [0.2, 0.25) is 0 Å². The van der Waals surface area contributed by atoms with Crippen molar-refractivity contribution >= 4 is 0 Å². The lowest BCUT2D eigenvalue weighted by Gasteiger charge is -2.22. The number of hydrogen-bond acceptors (Lipinski definition) is 2. The molecule has 1 atom stereocenters. The molecule has 0 spiro atoms. The van der Waals surface area contributed by atoms with Gasteiger partial charge in [-0.15, -0.1) is 0 Å². The Bertz CT molecular complexity index is 276. The summed E-state index contributed by atoms with van der Waals surface area (Å²) in [5.74, 6) is 1.11. The third-order valence-electron chi connectivity index (χ3n) is 2.64. The highest BCUT2D eigenvalue weighted by atomic mass is 15.1. The SMILES string of the molecule is CCCn1ccnc1CC(C)(N)CC. The average Bonchev–Trinajstić information content (AvgIpc) is 2.53. The van der Waals surface area contributed by atoms with E-state index in [0.29, 0.717) is 0 Å². The number of aryl methyl sites for hydroxylation is 1. The largest absolute Gasteiger partial charge is 0.335 e. The second-order valence-corrected chi connectivity index (χ2v) is 4.22. The first kappa shape index (κ1) is 11.2. The van der Waals surface area contributed by atoms with Crippen molar-refractivity contribution in [2.24, 2.45) is 5.73 Å². The molecule has 1 aromatic rings. The summed E-state index contributed by atoms with van der Waals surface area (Å²) in [6, 6.07) is 0. The van der Waals surface area contributed by atoms with Crippen molar-refractivity contribution in [3.05, 3.63) is 18.2 Å². The number of hydrogen-bond donors (Lipinski definition) is 1. The predicted octanol–water partition coefficient (Wildman–Crippen LogP) is 1.96. The fraction of sp³-hybridized carbons (Fsp3) is 0.727. The van der Waals surface area contributed by atoms with Crippen molar-refractivity contribution < 1.29 is 0 Å². The number of nitrogens with zero attached hydrogens (tertiary/aromatic N) is 2. The molecule has 14 heavy (non-hydrogen) atoms. The van der Waals surface area contributed by atoms with Crippen LogP contribution >= 0.6 is 0 Å². The third kappa shape index (κ3) is 2.84. The minimum absolute atomic E-state index is 0.128. The summed E-state index contributed by atoms with van der Waals surface area (Å²) in [5.41, 5.74) is 5.99. The van der Waals surface area contributed by atoms with E-state index >= 15 is 0 Å². The standard InChI is InChI=1S/C11H21N3/c1-4-7-14-8-6-13-10(14)9-11(3,12)5-2/h6,8H,4-5,7,9,12H2,1-3H3. The molecular formula is C11H21N3. The second kappa shape index (κ2) is 4.60. The Kier molecular flexibility index (Phi) is 3.69. The first-order valence-electron chi connectivity index (χ1n) is 5.38. The Balaban J connectivity index is 2.70. The highest BCUT2D eigenvalue weighted by Crippen LogP contribution is 2.12. The van der Waals surface area contributed by atoms with Gasteiger partial charge in [-0.25, -0.2) is 4.98 Å². The number of nitrogens with two attached hydrogens (primary N) is 1. The van der Waals surface area contributed by atoms with E-state index in [1.165, 1.54) is 0 Å². The van der Waals surface area contributed by atoms with Gasteiger partial charge in [0, 0.05) is 30.9 Å². The van der Waals surface area contributed by atoms with Crippen molar-refractivity contribution in [1.29, 1.82) is 0 Å². The molecule has 3 nitrogen and oxygen atoms in total. The number of aromatic nitrogens is 2. The number of rotatable bonds is 5. The van der Waals surface area contributed by atoms with Gasteiger partial charge < -0.3 is 10.3 Å². The van der Waals surface area contributed by atoms with Gasteiger partial charge in [0.05, 0.1) is 0 Å². The smallest absolute Gasteiger partial charge is 0.110 e. The quantitative estimate of drug-likeness (QED) is 0.780. The fourth-order valence-corrected chi connectivity index (χ4v) is 1.44. The summed E-state index contributed by atoms with van der Waals surface area (Å²) in [5, 5.41) is 0. The molecule has 1 heterocycles. The van der Waals surface area contributed by atoms with E-state index in [2.05, 4.69) is 30.3 Å². The summed E-state index contributed by atoms with van der Waals surface area (Å²) in [7, 11) is 0. The molecule has 0 amide bonds. The van der Waals surface area contributed by atoms with E-state index in [1.807, 2.05) is 12.4 Å². The van der Waals surface area contributed by atoms with Gasteiger partial charge >= 0.3 is 0 Å². The van der Waals surface area contributed by atoms with E-state index in [0.717, 1.165) is 31.6 Å². The molecule has 1 aromatic heterocycles. The molecule has 0 radical (unpaired) electrons. The topological polar surface area (TPSA) is 43.8 Å². The first-order valence-corrected chi connectivity index (χ1v) is 5.38. The van der Waals surface area contributed by atoms with Crippen LogP contribution in [0.4, 0.5) is 0 Å². The van der Waals surface area contributed by atoms with Crippen LogP contribution in [-0.4, -0.2) is 15.1 Å². The number of imidazole rings is 1. The van der Waals surface area contributed by atoms with Gasteiger partial charge in [0.1, 0.15) is 5.82 Å². The lowest BCUT2D eigenvalue weighted by Crippen LogP contribution is -2.38. The molecule has 0 aliphatic carbocycles. The van der Waals surface area contributed by atoms with E-state index in [-0.39, 0.29) is 5.54 Å². The van der Waals surface area contributed by atoms with E-state index in [1.54, 1.807) is 0 Å². The van der Waals surface area contributed by atoms with Crippen LogP contribution in [0.5, 0.6) is 0 Å². The van der Waals surface area contributed by atoms with Gasteiger partial charge in [-0.1, -0.05) is 13.8 Å². The molecule has 0 aliphatic heterocycles. The zero-order valence-electron chi connectivity index (χ0n) is 9.45. The normalized spacial score (nSPS) is 15.4. The maximum absolute atomic E-state index is 6.12. The van der Waals surface area contributed by atoms with Crippen LogP contribution in [0, 0.1) is 0 Å². The van der Waals surface area contributed by atoms with Gasteiger partial charge in [0.15, 0.2) is 0 Å². The predicted molar refractivity (Wildman–Crippen MR) is 59.1 cm³/mol. The molecule has 1 rings (SSSR count). The highest BCUT2D eigenvalue weighted by Gasteiger charge is 2.18. The van der Waals surface area contributed by atoms with Crippen molar-refractivity contribution in [2.45, 2.75) is 52.1 Å². The van der Waals surface area contributed by atoms with Crippen molar-refractivity contribution in [1.82, 2.24) is 9.55 Å². The van der Waals surface area contributed by atoms with Gasteiger partial charge in [0.2, 0.25) is 0 Å². The molecule has 80 valence electrons. The first-order chi connectivity index (χ1) is 6.59. The minimum atomic E-state index is -0.128. The van der Waals surface area contributed by atoms with E-state index < -0.39 is 0 Å². The maximum Gasteiger partial charge on any atom is 0.110 e. The lowest BCUT2D eigenvalue weighted by molar-refractivity contribution is 0.428. The average molecular weight is 195 g/mol. The molecule has 0 aromatic carbocycles. The van der Waals surface area contributed by atoms with Crippen LogP contribution in [0.3, 0.4) is 0 Å². The monoisotopic (exact) mass is 195 g/mol. The summed E-state index contributed by atoms with van der Waals surface area (Å²) in [4.78, 5) is 4.35. The van der Waals surface area contributed by atoms with Gasteiger partial charge in [-0.2, -0.15) is 0 Å². The van der Waals surface area contributed by atoms with Crippen LogP contribution in [0.15, 0.2) is 12.4 Å². The Morgan fingerprint density at radius 2 is 2.21 bits per heavy atom. The summed E-state index contributed by atoms with van der Waals surface area (Å²) in [6.45, 7) is 7.41. The Labute approximate surface area is 86.3 Å². The molecule has 0 saturated heterocycles. The fourth-order valence-electron chi connectivity index (χ4n) is 1.44. The highest BCUT2D eigenvalue weighted by molar-refractivity contribution is 4.99. The van der Waals surface area contributed by atoms with Crippen LogP contribution < -0.4 is 5.73 Å². The van der Waals surface area contributed by atoms with Gasteiger partial charge in [0.25, 0.3) is 0 Å². The Morgan fingerprint density at radius 1 is 1.50 bits per heavy atom. The molecule has 0 aliphatic rings. The molecule has 2 N–H and O–H groups in total. The molecular weight excluding hydrogens is 174 g/mol. The third-order valence-corrected chi connectivity index (χ3v) is 2.64. The Hall–Kier alpha value is -0.830. The Morgan fingerprint density at radius 3 is 2.79 bits per heavy atom. The molecule has 0 saturated carbocycles. The van der Waals surface area contributed by atoms with Gasteiger partial charge in [-0.05, 0) is 19.8 Å². The van der Waals surface area contributed by atoms with Crippen LogP contribution in [-0.2, 0) is 13.0 Å². The van der Waals surface area contributed by atoms with E-state index in [4.69, 9.17) is 5.73 Å². The van der Waals surface area contributed by atoms with Gasteiger partial charge in [-0.3, -0.25) is 0 Å². The zero-order chi connectivity index (χ0) is 10.6. The molecule has 0 fully saturated rings. The second-order valence-electron chi connectivity index (χ2n) is 4.22. The van der Waals surface area contributed by atoms with E-state index in [9.17, 15) is 0 Å². The lowest BCUT2D eigenvalue weighted by atomic mass is 9.96. The maximum atomic E-state index is 6.12. The molecule has 0 bridgehead atoms.